The minimum Gasteiger partial charge on any atom is -0.261 e. The molecular weight excluding hydrogens is 230 g/mol. The Kier molecular flexibility index (Phi) is 2.10. The zero-order valence-electron chi connectivity index (χ0n) is 10.7. The smallest absolute Gasteiger partial charge is 0.0457 e. The summed E-state index contributed by atoms with van der Waals surface area (Å²) < 4.78 is 0. The molecule has 4 rings (SSSR count). The van der Waals surface area contributed by atoms with Gasteiger partial charge in [-0.3, -0.25) is 4.98 Å². The molecule has 0 spiro atoms. The second-order valence-corrected chi connectivity index (χ2v) is 4.98. The van der Waals surface area contributed by atoms with Gasteiger partial charge in [-0.15, -0.1) is 0 Å². The summed E-state index contributed by atoms with van der Waals surface area (Å²) in [4.78, 5) is 4.44. The highest BCUT2D eigenvalue weighted by atomic mass is 14.7. The van der Waals surface area contributed by atoms with E-state index in [0.29, 0.717) is 0 Å². The number of rotatable bonds is 0. The summed E-state index contributed by atoms with van der Waals surface area (Å²) in [6.45, 7) is 2.08. The van der Waals surface area contributed by atoms with Crippen LogP contribution in [0.25, 0.3) is 32.3 Å². The second kappa shape index (κ2) is 3.79. The Morgan fingerprint density at radius 2 is 1.47 bits per heavy atom. The van der Waals surface area contributed by atoms with E-state index in [2.05, 4.69) is 66.5 Å². The molecule has 0 saturated carbocycles. The largest absolute Gasteiger partial charge is 0.261 e. The van der Waals surface area contributed by atoms with Crippen molar-refractivity contribution < 1.29 is 0 Å². The fraction of sp³-hybridized carbons (Fsp3) is 0.0556. The third-order valence-corrected chi connectivity index (χ3v) is 3.80. The number of benzene rings is 3. The molecule has 1 heterocycles. The SMILES string of the molecule is Cc1nccc2ccc3cc4ccccc4cc3c12. The van der Waals surface area contributed by atoms with E-state index in [9.17, 15) is 0 Å². The van der Waals surface area contributed by atoms with Crippen molar-refractivity contribution in [2.45, 2.75) is 6.92 Å². The monoisotopic (exact) mass is 243 g/mol. The van der Waals surface area contributed by atoms with Gasteiger partial charge in [0.15, 0.2) is 0 Å². The zero-order valence-corrected chi connectivity index (χ0v) is 10.7. The van der Waals surface area contributed by atoms with Crippen molar-refractivity contribution in [1.29, 1.82) is 0 Å². The summed E-state index contributed by atoms with van der Waals surface area (Å²) in [6, 6.07) is 19.5. The molecule has 3 aromatic carbocycles. The average Bonchev–Trinajstić information content (AvgIpc) is 2.45. The van der Waals surface area contributed by atoms with Crippen molar-refractivity contribution >= 4 is 32.3 Å². The van der Waals surface area contributed by atoms with Crippen molar-refractivity contribution in [3.05, 3.63) is 66.5 Å². The van der Waals surface area contributed by atoms with Crippen LogP contribution < -0.4 is 0 Å². The highest BCUT2D eigenvalue weighted by Crippen LogP contribution is 2.30. The van der Waals surface area contributed by atoms with Crippen LogP contribution in [0.1, 0.15) is 5.69 Å². The maximum Gasteiger partial charge on any atom is 0.0457 e. The first-order valence-electron chi connectivity index (χ1n) is 6.50. The molecule has 0 bridgehead atoms. The predicted octanol–water partition coefficient (Wildman–Crippen LogP) is 4.85. The van der Waals surface area contributed by atoms with Crippen LogP contribution >= 0.6 is 0 Å². The van der Waals surface area contributed by atoms with Gasteiger partial charge in [-0.05, 0) is 52.1 Å². The molecule has 0 radical (unpaired) electrons. The fourth-order valence-electron chi connectivity index (χ4n) is 2.87. The third-order valence-electron chi connectivity index (χ3n) is 3.80. The van der Waals surface area contributed by atoms with Gasteiger partial charge < -0.3 is 0 Å². The quantitative estimate of drug-likeness (QED) is 0.318. The van der Waals surface area contributed by atoms with Gasteiger partial charge in [0.25, 0.3) is 0 Å². The molecule has 19 heavy (non-hydrogen) atoms. The predicted molar refractivity (Wildman–Crippen MR) is 81.5 cm³/mol. The normalized spacial score (nSPS) is 11.4. The standard InChI is InChI=1S/C18H13N/c1-12-18-13(8-9-19-12)6-7-16-10-14-4-2-3-5-15(14)11-17(16)18/h2-11H,1H3. The second-order valence-electron chi connectivity index (χ2n) is 4.98. The van der Waals surface area contributed by atoms with E-state index >= 15 is 0 Å². The molecule has 0 N–H and O–H groups in total. The number of hydrogen-bond acceptors (Lipinski definition) is 1. The van der Waals surface area contributed by atoms with Crippen molar-refractivity contribution in [2.75, 3.05) is 0 Å². The minimum absolute atomic E-state index is 1.10. The molecule has 0 saturated heterocycles. The van der Waals surface area contributed by atoms with Gasteiger partial charge in [0.2, 0.25) is 0 Å². The molecule has 0 unspecified atom stereocenters. The van der Waals surface area contributed by atoms with Crippen molar-refractivity contribution in [2.24, 2.45) is 0 Å². The summed E-state index contributed by atoms with van der Waals surface area (Å²) in [5, 5.41) is 7.67. The van der Waals surface area contributed by atoms with Crippen LogP contribution in [0.3, 0.4) is 0 Å². The molecule has 1 heteroatoms. The Balaban J connectivity index is 2.29. The highest BCUT2D eigenvalue weighted by Gasteiger charge is 2.05. The van der Waals surface area contributed by atoms with Crippen LogP contribution in [0.2, 0.25) is 0 Å². The molecule has 4 aromatic rings. The minimum atomic E-state index is 1.10. The molecular formula is C18H13N. The van der Waals surface area contributed by atoms with E-state index < -0.39 is 0 Å². The van der Waals surface area contributed by atoms with Gasteiger partial charge in [0.1, 0.15) is 0 Å². The van der Waals surface area contributed by atoms with Crippen molar-refractivity contribution in [1.82, 2.24) is 4.98 Å². The summed E-state index contributed by atoms with van der Waals surface area (Å²) in [5.41, 5.74) is 1.10. The van der Waals surface area contributed by atoms with Gasteiger partial charge in [-0.2, -0.15) is 0 Å². The average molecular weight is 243 g/mol. The van der Waals surface area contributed by atoms with Crippen molar-refractivity contribution in [3.8, 4) is 0 Å². The van der Waals surface area contributed by atoms with E-state index in [1.165, 1.54) is 32.3 Å². The van der Waals surface area contributed by atoms with Crippen LogP contribution in [0.5, 0.6) is 0 Å². The molecule has 1 aromatic heterocycles. The number of aromatic nitrogens is 1. The summed E-state index contributed by atoms with van der Waals surface area (Å²) in [6.07, 6.45) is 1.88. The maximum atomic E-state index is 4.44. The zero-order chi connectivity index (χ0) is 12.8. The maximum absolute atomic E-state index is 4.44. The van der Waals surface area contributed by atoms with Gasteiger partial charge in [-0.1, -0.05) is 36.4 Å². The summed E-state index contributed by atoms with van der Waals surface area (Å²) >= 11 is 0. The van der Waals surface area contributed by atoms with E-state index in [0.717, 1.165) is 5.69 Å². The van der Waals surface area contributed by atoms with Gasteiger partial charge in [0, 0.05) is 17.3 Å². The molecule has 90 valence electrons. The molecule has 0 aliphatic heterocycles. The first-order chi connectivity index (χ1) is 9.33. The molecule has 0 aliphatic carbocycles. The highest BCUT2D eigenvalue weighted by molar-refractivity contribution is 6.12. The lowest BCUT2D eigenvalue weighted by molar-refractivity contribution is 1.24. The number of hydrogen-bond donors (Lipinski definition) is 0. The van der Waals surface area contributed by atoms with Crippen LogP contribution in [0.15, 0.2) is 60.8 Å². The summed E-state index contributed by atoms with van der Waals surface area (Å²) in [7, 11) is 0. The van der Waals surface area contributed by atoms with E-state index in [1.807, 2.05) is 6.20 Å². The number of fused-ring (bicyclic) bond motifs is 4. The first kappa shape index (κ1) is 10.5. The van der Waals surface area contributed by atoms with Crippen LogP contribution in [0.4, 0.5) is 0 Å². The van der Waals surface area contributed by atoms with E-state index in [4.69, 9.17) is 0 Å². The lowest BCUT2D eigenvalue weighted by Crippen LogP contribution is -1.85. The fourth-order valence-corrected chi connectivity index (χ4v) is 2.87. The Morgan fingerprint density at radius 1 is 0.737 bits per heavy atom. The third kappa shape index (κ3) is 1.52. The lowest BCUT2D eigenvalue weighted by Gasteiger charge is -2.08. The Hall–Kier alpha value is -2.41. The molecule has 0 atom stereocenters. The lowest BCUT2D eigenvalue weighted by atomic mass is 9.98. The van der Waals surface area contributed by atoms with E-state index in [1.54, 1.807) is 0 Å². The van der Waals surface area contributed by atoms with Gasteiger partial charge in [-0.25, -0.2) is 0 Å². The van der Waals surface area contributed by atoms with Crippen LogP contribution in [-0.2, 0) is 0 Å². The number of nitrogens with zero attached hydrogens (tertiary/aromatic N) is 1. The summed E-state index contributed by atoms with van der Waals surface area (Å²) in [5.74, 6) is 0. The molecule has 1 nitrogen and oxygen atoms in total. The first-order valence-corrected chi connectivity index (χ1v) is 6.50. The van der Waals surface area contributed by atoms with E-state index in [-0.39, 0.29) is 0 Å². The molecule has 0 amide bonds. The Bertz CT molecular complexity index is 922. The van der Waals surface area contributed by atoms with Crippen LogP contribution in [-0.4, -0.2) is 4.98 Å². The Labute approximate surface area is 111 Å². The van der Waals surface area contributed by atoms with Crippen LogP contribution in [0, 0.1) is 6.92 Å². The van der Waals surface area contributed by atoms with Gasteiger partial charge >= 0.3 is 0 Å². The van der Waals surface area contributed by atoms with Crippen molar-refractivity contribution in [3.63, 3.8) is 0 Å². The topological polar surface area (TPSA) is 12.9 Å². The van der Waals surface area contributed by atoms with Gasteiger partial charge in [0.05, 0.1) is 0 Å². The Morgan fingerprint density at radius 3 is 2.32 bits per heavy atom. The molecule has 0 fully saturated rings. The molecule has 0 aliphatic rings. The number of pyridine rings is 1. The number of aryl methyl sites for hydroxylation is 1.